The Hall–Kier alpha value is -1.29. The lowest BCUT2D eigenvalue weighted by atomic mass is 9.98. The van der Waals surface area contributed by atoms with E-state index in [1.165, 1.54) is 0 Å². The number of benzene rings is 1. The van der Waals surface area contributed by atoms with Crippen molar-refractivity contribution in [3.8, 4) is 11.5 Å². The summed E-state index contributed by atoms with van der Waals surface area (Å²) in [6, 6.07) is 3.92. The van der Waals surface area contributed by atoms with Crippen LogP contribution in [0.1, 0.15) is 25.8 Å². The Morgan fingerprint density at radius 1 is 1.06 bits per heavy atom. The van der Waals surface area contributed by atoms with Crippen molar-refractivity contribution in [2.75, 3.05) is 14.2 Å². The van der Waals surface area contributed by atoms with Crippen LogP contribution in [0.4, 0.5) is 0 Å². The zero-order chi connectivity index (χ0) is 12.6. The Morgan fingerprint density at radius 3 is 2.18 bits per heavy atom. The van der Waals surface area contributed by atoms with Gasteiger partial charge in [-0.15, -0.1) is 11.3 Å². The Bertz CT molecular complexity index is 499. The number of ether oxygens (including phenoxy) is 2. The number of fused-ring (bicyclic) bond motifs is 1. The highest BCUT2D eigenvalue weighted by molar-refractivity contribution is 7.18. The maximum Gasteiger partial charge on any atom is 0.162 e. The van der Waals surface area contributed by atoms with Crippen LogP contribution in [0.3, 0.4) is 0 Å². The normalized spacial score (nSPS) is 11.8. The van der Waals surface area contributed by atoms with Crippen molar-refractivity contribution < 1.29 is 9.47 Å². The highest BCUT2D eigenvalue weighted by Crippen LogP contribution is 2.37. The molecule has 92 valence electrons. The summed E-state index contributed by atoms with van der Waals surface area (Å²) in [7, 11) is 3.29. The minimum atomic E-state index is 0.0736. The lowest BCUT2D eigenvalue weighted by molar-refractivity contribution is 0.356. The third-order valence-electron chi connectivity index (χ3n) is 2.54. The molecule has 0 aliphatic rings. The maximum atomic E-state index is 5.29. The zero-order valence-corrected chi connectivity index (χ0v) is 11.6. The van der Waals surface area contributed by atoms with Gasteiger partial charge in [-0.2, -0.15) is 0 Å². The fourth-order valence-electron chi connectivity index (χ4n) is 1.58. The summed E-state index contributed by atoms with van der Waals surface area (Å²) in [5.41, 5.74) is 1.04. The summed E-state index contributed by atoms with van der Waals surface area (Å²) in [6.45, 7) is 6.50. The molecule has 4 heteroatoms. The SMILES string of the molecule is COc1cc2nc(C(C)(C)C)sc2cc1OC. The van der Waals surface area contributed by atoms with Gasteiger partial charge in [0, 0.05) is 17.5 Å². The quantitative estimate of drug-likeness (QED) is 0.817. The van der Waals surface area contributed by atoms with E-state index < -0.39 is 0 Å². The second-order valence-electron chi connectivity index (χ2n) is 4.94. The van der Waals surface area contributed by atoms with E-state index in [2.05, 4.69) is 25.8 Å². The number of methoxy groups -OCH3 is 2. The van der Waals surface area contributed by atoms with Crippen molar-refractivity contribution in [3.63, 3.8) is 0 Å². The molecular formula is C13H17NO2S. The largest absolute Gasteiger partial charge is 0.493 e. The van der Waals surface area contributed by atoms with Crippen LogP contribution >= 0.6 is 11.3 Å². The van der Waals surface area contributed by atoms with Crippen molar-refractivity contribution in [2.24, 2.45) is 0 Å². The first kappa shape index (κ1) is 12.2. The first-order valence-electron chi connectivity index (χ1n) is 5.48. The minimum absolute atomic E-state index is 0.0736. The van der Waals surface area contributed by atoms with E-state index in [-0.39, 0.29) is 5.41 Å². The van der Waals surface area contributed by atoms with E-state index in [0.717, 1.165) is 26.7 Å². The summed E-state index contributed by atoms with van der Waals surface area (Å²) in [5, 5.41) is 1.13. The summed E-state index contributed by atoms with van der Waals surface area (Å²) in [5.74, 6) is 1.48. The highest BCUT2D eigenvalue weighted by atomic mass is 32.1. The molecule has 0 amide bonds. The van der Waals surface area contributed by atoms with E-state index in [0.29, 0.717) is 0 Å². The van der Waals surface area contributed by atoms with E-state index in [1.807, 2.05) is 12.1 Å². The summed E-state index contributed by atoms with van der Waals surface area (Å²) in [4.78, 5) is 4.65. The monoisotopic (exact) mass is 251 g/mol. The van der Waals surface area contributed by atoms with Crippen LogP contribution in [0.25, 0.3) is 10.2 Å². The number of hydrogen-bond donors (Lipinski definition) is 0. The van der Waals surface area contributed by atoms with Crippen molar-refractivity contribution >= 4 is 21.6 Å². The topological polar surface area (TPSA) is 31.4 Å². The van der Waals surface area contributed by atoms with Gasteiger partial charge in [0.15, 0.2) is 11.5 Å². The number of rotatable bonds is 2. The molecule has 0 aliphatic carbocycles. The molecule has 1 aromatic heterocycles. The van der Waals surface area contributed by atoms with Gasteiger partial charge >= 0.3 is 0 Å². The third-order valence-corrected chi connectivity index (χ3v) is 3.98. The van der Waals surface area contributed by atoms with Gasteiger partial charge in [-0.3, -0.25) is 0 Å². The molecule has 0 bridgehead atoms. The minimum Gasteiger partial charge on any atom is -0.493 e. The van der Waals surface area contributed by atoms with E-state index in [1.54, 1.807) is 25.6 Å². The first-order chi connectivity index (χ1) is 7.95. The molecule has 3 nitrogen and oxygen atoms in total. The standard InChI is InChI=1S/C13H17NO2S/c1-13(2,3)12-14-8-6-9(15-4)10(16-5)7-11(8)17-12/h6-7H,1-5H3. The summed E-state index contributed by atoms with van der Waals surface area (Å²) in [6.07, 6.45) is 0. The molecule has 0 saturated heterocycles. The third kappa shape index (κ3) is 2.22. The van der Waals surface area contributed by atoms with Gasteiger partial charge in [0.1, 0.15) is 0 Å². The number of nitrogens with zero attached hydrogens (tertiary/aromatic N) is 1. The first-order valence-corrected chi connectivity index (χ1v) is 6.30. The highest BCUT2D eigenvalue weighted by Gasteiger charge is 2.19. The van der Waals surface area contributed by atoms with E-state index >= 15 is 0 Å². The molecule has 0 atom stereocenters. The summed E-state index contributed by atoms with van der Waals surface area (Å²) < 4.78 is 11.7. The van der Waals surface area contributed by atoms with Gasteiger partial charge in [0.25, 0.3) is 0 Å². The Kier molecular flexibility index (Phi) is 3.00. The Balaban J connectivity index is 2.61. The number of thiazole rings is 1. The van der Waals surface area contributed by atoms with Crippen LogP contribution in [0.5, 0.6) is 11.5 Å². The van der Waals surface area contributed by atoms with Crippen LogP contribution in [0, 0.1) is 0 Å². The predicted molar refractivity (Wildman–Crippen MR) is 71.4 cm³/mol. The second-order valence-corrected chi connectivity index (χ2v) is 5.97. The zero-order valence-electron chi connectivity index (χ0n) is 10.8. The van der Waals surface area contributed by atoms with E-state index in [9.17, 15) is 0 Å². The molecule has 17 heavy (non-hydrogen) atoms. The molecule has 0 fully saturated rings. The molecule has 0 aliphatic heterocycles. The predicted octanol–water partition coefficient (Wildman–Crippen LogP) is 3.61. The van der Waals surface area contributed by atoms with Crippen LogP contribution in [-0.4, -0.2) is 19.2 Å². The van der Waals surface area contributed by atoms with Crippen molar-refractivity contribution in [1.29, 1.82) is 0 Å². The Morgan fingerprint density at radius 2 is 1.65 bits per heavy atom. The van der Waals surface area contributed by atoms with Crippen LogP contribution in [-0.2, 0) is 5.41 Å². The smallest absolute Gasteiger partial charge is 0.162 e. The number of aromatic nitrogens is 1. The van der Waals surface area contributed by atoms with Gasteiger partial charge in [-0.05, 0) is 0 Å². The average Bonchev–Trinajstić information content (AvgIpc) is 2.69. The summed E-state index contributed by atoms with van der Waals surface area (Å²) >= 11 is 1.71. The fraction of sp³-hybridized carbons (Fsp3) is 0.462. The van der Waals surface area contributed by atoms with Gasteiger partial charge in [0.2, 0.25) is 0 Å². The van der Waals surface area contributed by atoms with Gasteiger partial charge in [0.05, 0.1) is 29.4 Å². The lowest BCUT2D eigenvalue weighted by Gasteiger charge is -2.13. The second kappa shape index (κ2) is 4.18. The van der Waals surface area contributed by atoms with Gasteiger partial charge < -0.3 is 9.47 Å². The van der Waals surface area contributed by atoms with Crippen molar-refractivity contribution in [1.82, 2.24) is 4.98 Å². The molecular weight excluding hydrogens is 234 g/mol. The van der Waals surface area contributed by atoms with Crippen LogP contribution in [0.15, 0.2) is 12.1 Å². The fourth-order valence-corrected chi connectivity index (χ4v) is 2.61. The molecule has 0 saturated carbocycles. The molecule has 0 radical (unpaired) electrons. The molecule has 1 aromatic carbocycles. The van der Waals surface area contributed by atoms with Crippen molar-refractivity contribution in [3.05, 3.63) is 17.1 Å². The van der Waals surface area contributed by atoms with Crippen LogP contribution in [0.2, 0.25) is 0 Å². The molecule has 0 spiro atoms. The molecule has 2 aromatic rings. The number of hydrogen-bond acceptors (Lipinski definition) is 4. The van der Waals surface area contributed by atoms with Gasteiger partial charge in [-0.1, -0.05) is 20.8 Å². The van der Waals surface area contributed by atoms with Gasteiger partial charge in [-0.25, -0.2) is 4.98 Å². The van der Waals surface area contributed by atoms with E-state index in [4.69, 9.17) is 9.47 Å². The molecule has 2 rings (SSSR count). The Labute approximate surface area is 105 Å². The average molecular weight is 251 g/mol. The maximum absolute atomic E-state index is 5.29. The lowest BCUT2D eigenvalue weighted by Crippen LogP contribution is -2.09. The molecule has 1 heterocycles. The molecule has 0 unspecified atom stereocenters. The van der Waals surface area contributed by atoms with Crippen molar-refractivity contribution in [2.45, 2.75) is 26.2 Å². The van der Waals surface area contributed by atoms with Crippen LogP contribution < -0.4 is 9.47 Å². The molecule has 0 N–H and O–H groups in total.